The van der Waals surface area contributed by atoms with Crippen molar-refractivity contribution < 1.29 is 4.74 Å². The Morgan fingerprint density at radius 1 is 1.23 bits per heavy atom. The van der Waals surface area contributed by atoms with E-state index >= 15 is 0 Å². The standard InChI is InChI=1S/C19H29NOS/c1-6-16(9-10-22-13-20)17-7-8-19(21-12-14(2)3)18(11-17)15(4)5/h7-8,11,14-16H,6,9-10,12H2,1-5H3. The van der Waals surface area contributed by atoms with Crippen LogP contribution in [0, 0.1) is 16.6 Å². The van der Waals surface area contributed by atoms with Gasteiger partial charge in [0, 0.05) is 5.75 Å². The van der Waals surface area contributed by atoms with Crippen LogP contribution >= 0.6 is 11.8 Å². The first-order valence-corrected chi connectivity index (χ1v) is 9.25. The number of nitrogens with zero attached hydrogens (tertiary/aromatic N) is 1. The summed E-state index contributed by atoms with van der Waals surface area (Å²) in [5.41, 5.74) is 2.67. The third kappa shape index (κ3) is 5.93. The van der Waals surface area contributed by atoms with Gasteiger partial charge in [-0.3, -0.25) is 0 Å². The van der Waals surface area contributed by atoms with Crippen LogP contribution in [0.1, 0.15) is 70.4 Å². The van der Waals surface area contributed by atoms with Crippen molar-refractivity contribution >= 4 is 11.8 Å². The van der Waals surface area contributed by atoms with Crippen molar-refractivity contribution in [3.63, 3.8) is 0 Å². The molecule has 0 amide bonds. The van der Waals surface area contributed by atoms with Gasteiger partial charge in [-0.05, 0) is 59.6 Å². The van der Waals surface area contributed by atoms with Crippen LogP contribution in [0.5, 0.6) is 5.75 Å². The van der Waals surface area contributed by atoms with Gasteiger partial charge in [-0.2, -0.15) is 5.26 Å². The van der Waals surface area contributed by atoms with Gasteiger partial charge in [-0.1, -0.05) is 46.8 Å². The fourth-order valence-corrected chi connectivity index (χ4v) is 3.01. The predicted octanol–water partition coefficient (Wildman–Crippen LogP) is 5.94. The van der Waals surface area contributed by atoms with Crippen molar-refractivity contribution in [2.45, 2.75) is 59.3 Å². The molecule has 1 aromatic carbocycles. The summed E-state index contributed by atoms with van der Waals surface area (Å²) in [5.74, 6) is 3.43. The highest BCUT2D eigenvalue weighted by atomic mass is 32.2. The van der Waals surface area contributed by atoms with Crippen LogP contribution in [-0.4, -0.2) is 12.4 Å². The van der Waals surface area contributed by atoms with E-state index in [0.717, 1.165) is 31.0 Å². The summed E-state index contributed by atoms with van der Waals surface area (Å²) >= 11 is 1.35. The quantitative estimate of drug-likeness (QED) is 0.417. The van der Waals surface area contributed by atoms with Gasteiger partial charge in [-0.25, -0.2) is 0 Å². The number of thiocyanates is 1. The van der Waals surface area contributed by atoms with Gasteiger partial charge >= 0.3 is 0 Å². The summed E-state index contributed by atoms with van der Waals surface area (Å²) in [4.78, 5) is 0. The lowest BCUT2D eigenvalue weighted by Gasteiger charge is -2.20. The number of rotatable bonds is 9. The first kappa shape index (κ1) is 18.9. The number of thioether (sulfide) groups is 1. The monoisotopic (exact) mass is 319 g/mol. The fourth-order valence-electron chi connectivity index (χ4n) is 2.51. The third-order valence-corrected chi connectivity index (χ3v) is 4.39. The molecule has 0 fully saturated rings. The van der Waals surface area contributed by atoms with Crippen LogP contribution in [-0.2, 0) is 0 Å². The van der Waals surface area contributed by atoms with Crippen LogP contribution in [0.25, 0.3) is 0 Å². The highest BCUT2D eigenvalue weighted by Crippen LogP contribution is 2.33. The van der Waals surface area contributed by atoms with Gasteiger partial charge in [0.25, 0.3) is 0 Å². The minimum Gasteiger partial charge on any atom is -0.493 e. The van der Waals surface area contributed by atoms with E-state index in [0.29, 0.717) is 17.8 Å². The normalized spacial score (nSPS) is 12.5. The third-order valence-electron chi connectivity index (χ3n) is 3.83. The van der Waals surface area contributed by atoms with Gasteiger partial charge < -0.3 is 4.74 Å². The molecular weight excluding hydrogens is 290 g/mol. The van der Waals surface area contributed by atoms with Gasteiger partial charge in [-0.15, -0.1) is 0 Å². The van der Waals surface area contributed by atoms with Crippen molar-refractivity contribution in [2.75, 3.05) is 12.4 Å². The first-order valence-electron chi connectivity index (χ1n) is 8.27. The van der Waals surface area contributed by atoms with Crippen molar-refractivity contribution in [1.82, 2.24) is 0 Å². The first-order chi connectivity index (χ1) is 10.5. The molecule has 1 unspecified atom stereocenters. The average Bonchev–Trinajstić information content (AvgIpc) is 2.49. The van der Waals surface area contributed by atoms with Crippen molar-refractivity contribution in [2.24, 2.45) is 5.92 Å². The number of hydrogen-bond donors (Lipinski definition) is 0. The van der Waals surface area contributed by atoms with Crippen LogP contribution in [0.3, 0.4) is 0 Å². The Morgan fingerprint density at radius 3 is 2.50 bits per heavy atom. The minimum atomic E-state index is 0.452. The maximum atomic E-state index is 8.68. The van der Waals surface area contributed by atoms with Crippen LogP contribution in [0.4, 0.5) is 0 Å². The number of ether oxygens (including phenoxy) is 1. The SMILES string of the molecule is CCC(CCSC#N)c1ccc(OCC(C)C)c(C(C)C)c1. The number of benzene rings is 1. The van der Waals surface area contributed by atoms with E-state index < -0.39 is 0 Å². The zero-order valence-corrected chi connectivity index (χ0v) is 15.4. The van der Waals surface area contributed by atoms with Gasteiger partial charge in [0.05, 0.1) is 6.61 Å². The summed E-state index contributed by atoms with van der Waals surface area (Å²) in [6.07, 6.45) is 2.16. The fraction of sp³-hybridized carbons (Fsp3) is 0.632. The Bertz CT molecular complexity index is 491. The lowest BCUT2D eigenvalue weighted by atomic mass is 9.90. The molecule has 0 N–H and O–H groups in total. The summed E-state index contributed by atoms with van der Waals surface area (Å²) in [6.45, 7) is 11.8. The Morgan fingerprint density at radius 2 is 1.95 bits per heavy atom. The molecule has 1 aromatic rings. The highest BCUT2D eigenvalue weighted by Gasteiger charge is 2.15. The molecule has 0 aliphatic heterocycles. The predicted molar refractivity (Wildman–Crippen MR) is 96.6 cm³/mol. The summed E-state index contributed by atoms with van der Waals surface area (Å²) in [5, 5.41) is 10.8. The van der Waals surface area contributed by atoms with Crippen molar-refractivity contribution in [3.05, 3.63) is 29.3 Å². The summed E-state index contributed by atoms with van der Waals surface area (Å²) < 4.78 is 5.98. The Kier molecular flexibility index (Phi) is 8.42. The molecule has 0 aliphatic rings. The largest absolute Gasteiger partial charge is 0.493 e. The van der Waals surface area contributed by atoms with E-state index in [9.17, 15) is 0 Å². The molecule has 0 aromatic heterocycles. The molecule has 3 heteroatoms. The van der Waals surface area contributed by atoms with E-state index in [1.165, 1.54) is 22.9 Å². The Hall–Kier alpha value is -1.14. The minimum absolute atomic E-state index is 0.452. The molecule has 0 bridgehead atoms. The van der Waals surface area contributed by atoms with E-state index in [1.807, 2.05) is 0 Å². The molecular formula is C19H29NOS. The number of hydrogen-bond acceptors (Lipinski definition) is 3. The van der Waals surface area contributed by atoms with E-state index in [-0.39, 0.29) is 0 Å². The highest BCUT2D eigenvalue weighted by molar-refractivity contribution is 8.03. The molecule has 0 aliphatic carbocycles. The zero-order valence-electron chi connectivity index (χ0n) is 14.6. The Labute approximate surface area is 140 Å². The molecule has 0 heterocycles. The van der Waals surface area contributed by atoms with E-state index in [1.54, 1.807) is 0 Å². The lowest BCUT2D eigenvalue weighted by molar-refractivity contribution is 0.267. The van der Waals surface area contributed by atoms with Gasteiger partial charge in [0.1, 0.15) is 11.2 Å². The molecule has 0 radical (unpaired) electrons. The second-order valence-corrected chi connectivity index (χ2v) is 7.37. The van der Waals surface area contributed by atoms with Crippen molar-refractivity contribution in [3.8, 4) is 11.2 Å². The molecule has 0 spiro atoms. The van der Waals surface area contributed by atoms with Crippen LogP contribution in [0.15, 0.2) is 18.2 Å². The van der Waals surface area contributed by atoms with Crippen LogP contribution in [0.2, 0.25) is 0 Å². The topological polar surface area (TPSA) is 33.0 Å². The average molecular weight is 320 g/mol. The molecule has 1 atom stereocenters. The molecule has 22 heavy (non-hydrogen) atoms. The number of nitriles is 1. The van der Waals surface area contributed by atoms with E-state index in [4.69, 9.17) is 10.00 Å². The second kappa shape index (κ2) is 9.79. The lowest BCUT2D eigenvalue weighted by Crippen LogP contribution is -2.08. The smallest absolute Gasteiger partial charge is 0.133 e. The molecule has 122 valence electrons. The molecule has 0 saturated heterocycles. The van der Waals surface area contributed by atoms with Gasteiger partial charge in [0.15, 0.2) is 0 Å². The summed E-state index contributed by atoms with van der Waals surface area (Å²) in [6, 6.07) is 6.64. The molecule has 1 rings (SSSR count). The molecule has 2 nitrogen and oxygen atoms in total. The van der Waals surface area contributed by atoms with E-state index in [2.05, 4.69) is 58.2 Å². The van der Waals surface area contributed by atoms with Crippen molar-refractivity contribution in [1.29, 1.82) is 5.26 Å². The Balaban J connectivity index is 2.92. The zero-order chi connectivity index (χ0) is 16.5. The maximum Gasteiger partial charge on any atom is 0.133 e. The second-order valence-electron chi connectivity index (χ2n) is 6.49. The summed E-state index contributed by atoms with van der Waals surface area (Å²) in [7, 11) is 0. The molecule has 0 saturated carbocycles. The maximum absolute atomic E-state index is 8.68. The van der Waals surface area contributed by atoms with Gasteiger partial charge in [0.2, 0.25) is 0 Å². The van der Waals surface area contributed by atoms with Crippen LogP contribution < -0.4 is 4.74 Å².